The van der Waals surface area contributed by atoms with E-state index in [9.17, 15) is 4.79 Å². The van der Waals surface area contributed by atoms with Gasteiger partial charge in [0.25, 0.3) is 5.91 Å². The summed E-state index contributed by atoms with van der Waals surface area (Å²) in [6.45, 7) is 7.06. The van der Waals surface area contributed by atoms with Gasteiger partial charge in [-0.1, -0.05) is 48.9 Å². The van der Waals surface area contributed by atoms with E-state index in [0.717, 1.165) is 17.8 Å². The van der Waals surface area contributed by atoms with E-state index in [2.05, 4.69) is 18.7 Å². The fourth-order valence-corrected chi connectivity index (χ4v) is 4.58. The van der Waals surface area contributed by atoms with Crippen LogP contribution in [0.5, 0.6) is 17.2 Å². The van der Waals surface area contributed by atoms with Crippen LogP contribution >= 0.6 is 35.3 Å². The Hall–Kier alpha value is -2.26. The number of thiazole rings is 1. The number of anilines is 1. The second kappa shape index (κ2) is 12.8. The number of para-hydroxylation sites is 2. The average Bonchev–Trinajstić information content (AvgIpc) is 3.27. The minimum Gasteiger partial charge on any atom is -0.494 e. The minimum absolute atomic E-state index is 0. The molecule has 0 saturated heterocycles. The standard InChI is InChI=1S/C23H28ClN3O4S.ClH/c1-5-26(6-2)13-14-27(20(28)15-31-18-10-8-7-9-17(18)29-3)23-25-21-19(30-4)12-11-16(24)22(21)32-23;/h7-12H,5-6,13-15H2,1-4H3;1H. The smallest absolute Gasteiger partial charge is 0.266 e. The number of methoxy groups -OCH3 is 2. The zero-order valence-corrected chi connectivity index (χ0v) is 21.6. The highest BCUT2D eigenvalue weighted by atomic mass is 35.5. The second-order valence-corrected chi connectivity index (χ2v) is 8.32. The molecular formula is C23H29Cl2N3O4S. The maximum atomic E-state index is 13.3. The summed E-state index contributed by atoms with van der Waals surface area (Å²) in [4.78, 5) is 21.9. The van der Waals surface area contributed by atoms with Gasteiger partial charge in [-0.2, -0.15) is 0 Å². The van der Waals surface area contributed by atoms with Crippen molar-refractivity contribution in [1.82, 2.24) is 9.88 Å². The molecule has 0 radical (unpaired) electrons. The lowest BCUT2D eigenvalue weighted by Gasteiger charge is -2.24. The normalized spacial score (nSPS) is 10.7. The van der Waals surface area contributed by atoms with Crippen LogP contribution in [0.1, 0.15) is 13.8 Å². The number of amides is 1. The van der Waals surface area contributed by atoms with Crippen molar-refractivity contribution in [2.24, 2.45) is 0 Å². The molecule has 0 aliphatic carbocycles. The Bertz CT molecular complexity index is 1060. The van der Waals surface area contributed by atoms with Crippen LogP contribution in [0.15, 0.2) is 36.4 Å². The molecule has 0 spiro atoms. The summed E-state index contributed by atoms with van der Waals surface area (Å²) in [5, 5.41) is 1.14. The van der Waals surface area contributed by atoms with Gasteiger partial charge in [0.05, 0.1) is 23.9 Å². The number of carbonyl (C=O) groups excluding carboxylic acids is 1. The zero-order chi connectivity index (χ0) is 23.1. The van der Waals surface area contributed by atoms with Crippen LogP contribution in [0.4, 0.5) is 5.13 Å². The van der Waals surface area contributed by atoms with Crippen LogP contribution in [-0.2, 0) is 4.79 Å². The third-order valence-corrected chi connectivity index (χ3v) is 6.69. The third-order valence-electron chi connectivity index (χ3n) is 5.15. The highest BCUT2D eigenvalue weighted by Gasteiger charge is 2.23. The first-order chi connectivity index (χ1) is 15.5. The molecule has 3 rings (SSSR count). The molecule has 7 nitrogen and oxygen atoms in total. The molecule has 0 aliphatic rings. The summed E-state index contributed by atoms with van der Waals surface area (Å²) in [5.41, 5.74) is 0.645. The predicted molar refractivity (Wildman–Crippen MR) is 137 cm³/mol. The predicted octanol–water partition coefficient (Wildman–Crippen LogP) is 5.14. The topological polar surface area (TPSA) is 64.1 Å². The second-order valence-electron chi connectivity index (χ2n) is 6.94. The van der Waals surface area contributed by atoms with Crippen molar-refractivity contribution in [3.05, 3.63) is 41.4 Å². The van der Waals surface area contributed by atoms with Gasteiger partial charge in [-0.15, -0.1) is 12.4 Å². The van der Waals surface area contributed by atoms with E-state index in [1.165, 1.54) is 11.3 Å². The number of rotatable bonds is 11. The van der Waals surface area contributed by atoms with Gasteiger partial charge in [0.2, 0.25) is 0 Å². The number of likely N-dealkylation sites (N-methyl/N-ethyl adjacent to an activating group) is 1. The minimum atomic E-state index is -0.197. The lowest BCUT2D eigenvalue weighted by Crippen LogP contribution is -2.41. The van der Waals surface area contributed by atoms with Crippen molar-refractivity contribution in [2.45, 2.75) is 13.8 Å². The Morgan fingerprint density at radius 2 is 1.67 bits per heavy atom. The molecule has 0 saturated carbocycles. The number of ether oxygens (including phenoxy) is 3. The monoisotopic (exact) mass is 513 g/mol. The third kappa shape index (κ3) is 6.41. The van der Waals surface area contributed by atoms with Crippen LogP contribution < -0.4 is 19.1 Å². The van der Waals surface area contributed by atoms with Gasteiger partial charge < -0.3 is 19.1 Å². The quantitative estimate of drug-likeness (QED) is 0.353. The Morgan fingerprint density at radius 3 is 2.30 bits per heavy atom. The Morgan fingerprint density at radius 1 is 1.00 bits per heavy atom. The number of hydrogen-bond donors (Lipinski definition) is 0. The number of fused-ring (bicyclic) bond motifs is 1. The number of hydrogen-bond acceptors (Lipinski definition) is 7. The number of nitrogens with zero attached hydrogens (tertiary/aromatic N) is 3. The van der Waals surface area contributed by atoms with Gasteiger partial charge in [0.15, 0.2) is 23.2 Å². The van der Waals surface area contributed by atoms with Crippen molar-refractivity contribution in [3.8, 4) is 17.2 Å². The molecule has 0 atom stereocenters. The molecule has 0 unspecified atom stereocenters. The summed E-state index contributed by atoms with van der Waals surface area (Å²) in [5.74, 6) is 1.51. The van der Waals surface area contributed by atoms with E-state index in [-0.39, 0.29) is 24.9 Å². The Balaban J connectivity index is 0.00000385. The molecule has 0 bridgehead atoms. The van der Waals surface area contributed by atoms with Crippen molar-refractivity contribution in [3.63, 3.8) is 0 Å². The number of benzene rings is 2. The SMILES string of the molecule is CCN(CC)CCN(C(=O)COc1ccccc1OC)c1nc2c(OC)ccc(Cl)c2s1.Cl. The average molecular weight is 514 g/mol. The lowest BCUT2D eigenvalue weighted by molar-refractivity contribution is -0.120. The summed E-state index contributed by atoms with van der Waals surface area (Å²) < 4.78 is 17.3. The lowest BCUT2D eigenvalue weighted by atomic mass is 10.3. The van der Waals surface area contributed by atoms with E-state index >= 15 is 0 Å². The first-order valence-electron chi connectivity index (χ1n) is 10.4. The Kier molecular flexibility index (Phi) is 10.5. The van der Waals surface area contributed by atoms with Crippen LogP contribution in [0.3, 0.4) is 0 Å². The first-order valence-corrected chi connectivity index (χ1v) is 11.6. The largest absolute Gasteiger partial charge is 0.494 e. The fourth-order valence-electron chi connectivity index (χ4n) is 3.29. The van der Waals surface area contributed by atoms with E-state index in [0.29, 0.717) is 46.0 Å². The zero-order valence-electron chi connectivity index (χ0n) is 19.2. The van der Waals surface area contributed by atoms with Crippen LogP contribution in [0, 0.1) is 0 Å². The molecule has 1 amide bonds. The molecule has 3 aromatic rings. The highest BCUT2D eigenvalue weighted by molar-refractivity contribution is 7.23. The highest BCUT2D eigenvalue weighted by Crippen LogP contribution is 2.38. The Labute approximate surface area is 209 Å². The molecule has 0 N–H and O–H groups in total. The fraction of sp³-hybridized carbons (Fsp3) is 0.391. The van der Waals surface area contributed by atoms with E-state index in [1.54, 1.807) is 43.4 Å². The molecule has 0 aliphatic heterocycles. The van der Waals surface area contributed by atoms with Gasteiger partial charge in [-0.3, -0.25) is 9.69 Å². The van der Waals surface area contributed by atoms with Crippen molar-refractivity contribution in [2.75, 3.05) is 51.9 Å². The molecule has 2 aromatic carbocycles. The summed E-state index contributed by atoms with van der Waals surface area (Å²) in [7, 11) is 3.16. The van der Waals surface area contributed by atoms with Gasteiger partial charge >= 0.3 is 0 Å². The molecule has 180 valence electrons. The van der Waals surface area contributed by atoms with E-state index < -0.39 is 0 Å². The number of carbonyl (C=O) groups is 1. The van der Waals surface area contributed by atoms with E-state index in [4.69, 9.17) is 30.8 Å². The van der Waals surface area contributed by atoms with Crippen molar-refractivity contribution in [1.29, 1.82) is 0 Å². The molecular weight excluding hydrogens is 485 g/mol. The summed E-state index contributed by atoms with van der Waals surface area (Å²) in [6.07, 6.45) is 0. The maximum absolute atomic E-state index is 13.3. The number of halogens is 2. The van der Waals surface area contributed by atoms with Gasteiger partial charge in [-0.05, 0) is 37.4 Å². The van der Waals surface area contributed by atoms with Crippen molar-refractivity contribution < 1.29 is 19.0 Å². The first kappa shape index (κ1) is 27.0. The van der Waals surface area contributed by atoms with E-state index in [1.807, 2.05) is 12.1 Å². The molecule has 1 aromatic heterocycles. The van der Waals surface area contributed by atoms with Crippen LogP contribution in [-0.4, -0.2) is 62.8 Å². The van der Waals surface area contributed by atoms with Crippen LogP contribution in [0.2, 0.25) is 5.02 Å². The van der Waals surface area contributed by atoms with Gasteiger partial charge in [0, 0.05) is 13.1 Å². The molecule has 33 heavy (non-hydrogen) atoms. The molecule has 10 heteroatoms. The molecule has 1 heterocycles. The van der Waals surface area contributed by atoms with Crippen molar-refractivity contribution >= 4 is 56.6 Å². The van der Waals surface area contributed by atoms with Gasteiger partial charge in [-0.25, -0.2) is 4.98 Å². The van der Waals surface area contributed by atoms with Crippen LogP contribution in [0.25, 0.3) is 10.2 Å². The molecule has 0 fully saturated rings. The maximum Gasteiger partial charge on any atom is 0.266 e. The van der Waals surface area contributed by atoms with Gasteiger partial charge in [0.1, 0.15) is 11.3 Å². The number of aromatic nitrogens is 1. The summed E-state index contributed by atoms with van der Waals surface area (Å²) in [6, 6.07) is 10.8. The summed E-state index contributed by atoms with van der Waals surface area (Å²) >= 11 is 7.76.